The molecule has 0 heterocycles. The SMILES string of the molecule is O=S(=O)(SCl)c1ccccc1. The van der Waals surface area contributed by atoms with Crippen LogP contribution < -0.4 is 0 Å². The molecule has 0 aromatic heterocycles. The smallest absolute Gasteiger partial charge is 0.211 e. The normalized spacial score (nSPS) is 11.4. The molecule has 11 heavy (non-hydrogen) atoms. The molecule has 0 aliphatic rings. The summed E-state index contributed by atoms with van der Waals surface area (Å²) >= 11 is 0. The molecule has 0 aliphatic carbocycles. The predicted molar refractivity (Wildman–Crippen MR) is 47.1 cm³/mol. The molecule has 1 aromatic carbocycles. The van der Waals surface area contributed by atoms with Crippen molar-refractivity contribution in [2.24, 2.45) is 0 Å². The lowest BCUT2D eigenvalue weighted by molar-refractivity contribution is 0.611. The topological polar surface area (TPSA) is 34.1 Å². The number of hydrogen-bond acceptors (Lipinski definition) is 3. The molecule has 0 saturated heterocycles. The number of halogens is 1. The molecule has 1 rings (SSSR count). The predicted octanol–water partition coefficient (Wildman–Crippen LogP) is 2.26. The van der Waals surface area contributed by atoms with Gasteiger partial charge >= 0.3 is 0 Å². The minimum Gasteiger partial charge on any atom is -0.211 e. The molecule has 0 saturated carbocycles. The molecule has 0 N–H and O–H groups in total. The Hall–Kier alpha value is -0.190. The lowest BCUT2D eigenvalue weighted by Crippen LogP contribution is -1.90. The van der Waals surface area contributed by atoms with Crippen LogP contribution in [-0.4, -0.2) is 8.42 Å². The summed E-state index contributed by atoms with van der Waals surface area (Å²) < 4.78 is 22.1. The summed E-state index contributed by atoms with van der Waals surface area (Å²) in [7, 11) is 2.16. The molecular weight excluding hydrogens is 204 g/mol. The maximum absolute atomic E-state index is 11.0. The third-order valence-electron chi connectivity index (χ3n) is 1.11. The second-order valence-corrected chi connectivity index (χ2v) is 6.16. The Morgan fingerprint density at radius 1 is 1.18 bits per heavy atom. The fourth-order valence-corrected chi connectivity index (χ4v) is 2.39. The molecule has 0 amide bonds. The van der Waals surface area contributed by atoms with Crippen molar-refractivity contribution in [3.05, 3.63) is 30.3 Å². The average Bonchev–Trinajstić information content (AvgIpc) is 2.06. The van der Waals surface area contributed by atoms with E-state index in [1.165, 1.54) is 12.1 Å². The number of benzene rings is 1. The van der Waals surface area contributed by atoms with Gasteiger partial charge in [0.15, 0.2) is 0 Å². The first-order valence-corrected chi connectivity index (χ1v) is 6.41. The first-order chi connectivity index (χ1) is 5.17. The fraction of sp³-hybridized carbons (Fsp3) is 0. The summed E-state index contributed by atoms with van der Waals surface area (Å²) in [6.45, 7) is 0. The summed E-state index contributed by atoms with van der Waals surface area (Å²) in [5.41, 5.74) is 0. The van der Waals surface area contributed by atoms with Crippen LogP contribution in [0.4, 0.5) is 0 Å². The minimum atomic E-state index is -3.32. The summed E-state index contributed by atoms with van der Waals surface area (Å²) in [4.78, 5) is 0.236. The second kappa shape index (κ2) is 3.47. The van der Waals surface area contributed by atoms with E-state index in [1.807, 2.05) is 0 Å². The van der Waals surface area contributed by atoms with Gasteiger partial charge in [-0.25, -0.2) is 8.42 Å². The van der Waals surface area contributed by atoms with Crippen LogP contribution >= 0.6 is 20.7 Å². The number of rotatable bonds is 2. The first-order valence-electron chi connectivity index (χ1n) is 2.77. The van der Waals surface area contributed by atoms with E-state index in [-0.39, 0.29) is 4.90 Å². The van der Waals surface area contributed by atoms with Crippen molar-refractivity contribution in [1.29, 1.82) is 0 Å². The van der Waals surface area contributed by atoms with Crippen LogP contribution in [0.5, 0.6) is 0 Å². The second-order valence-electron chi connectivity index (χ2n) is 1.83. The molecule has 0 aliphatic heterocycles. The van der Waals surface area contributed by atoms with E-state index in [0.29, 0.717) is 10.0 Å². The highest BCUT2D eigenvalue weighted by Crippen LogP contribution is 2.25. The van der Waals surface area contributed by atoms with Crippen LogP contribution in [0, 0.1) is 0 Å². The zero-order valence-corrected chi connectivity index (χ0v) is 7.79. The van der Waals surface area contributed by atoms with Gasteiger partial charge in [0.25, 0.3) is 0 Å². The van der Waals surface area contributed by atoms with Crippen molar-refractivity contribution in [3.8, 4) is 0 Å². The van der Waals surface area contributed by atoms with Gasteiger partial charge in [-0.3, -0.25) is 0 Å². The summed E-state index contributed by atoms with van der Waals surface area (Å²) in [5.74, 6) is 0. The van der Waals surface area contributed by atoms with Gasteiger partial charge in [-0.05, 0) is 22.8 Å². The Bertz CT molecular complexity index is 320. The molecule has 60 valence electrons. The van der Waals surface area contributed by atoms with E-state index >= 15 is 0 Å². The first kappa shape index (κ1) is 8.90. The van der Waals surface area contributed by atoms with Gasteiger partial charge in [0.1, 0.15) is 0 Å². The van der Waals surface area contributed by atoms with Crippen molar-refractivity contribution in [2.75, 3.05) is 0 Å². The van der Waals surface area contributed by atoms with Crippen LogP contribution in [-0.2, 0) is 8.87 Å². The van der Waals surface area contributed by atoms with E-state index in [2.05, 4.69) is 0 Å². The van der Waals surface area contributed by atoms with Crippen molar-refractivity contribution in [2.45, 2.75) is 4.90 Å². The molecule has 0 unspecified atom stereocenters. The quantitative estimate of drug-likeness (QED) is 0.700. The number of hydrogen-bond donors (Lipinski definition) is 0. The van der Waals surface area contributed by atoms with Gasteiger partial charge in [-0.1, -0.05) is 18.2 Å². The van der Waals surface area contributed by atoms with Crippen LogP contribution in [0.2, 0.25) is 0 Å². The molecule has 0 radical (unpaired) electrons. The van der Waals surface area contributed by atoms with E-state index < -0.39 is 8.87 Å². The zero-order valence-electron chi connectivity index (χ0n) is 5.40. The van der Waals surface area contributed by atoms with Crippen LogP contribution in [0.15, 0.2) is 35.2 Å². The molecular formula is C6H5ClO2S2. The molecule has 0 spiro atoms. The monoisotopic (exact) mass is 208 g/mol. The van der Waals surface area contributed by atoms with Gasteiger partial charge in [0, 0.05) is 0 Å². The van der Waals surface area contributed by atoms with E-state index in [4.69, 9.17) is 10.7 Å². The highest BCUT2D eigenvalue weighted by molar-refractivity contribution is 8.80. The largest absolute Gasteiger partial charge is 0.244 e. The Morgan fingerprint density at radius 3 is 2.18 bits per heavy atom. The Kier molecular flexibility index (Phi) is 2.81. The molecule has 0 fully saturated rings. The maximum Gasteiger partial charge on any atom is 0.244 e. The highest BCUT2D eigenvalue weighted by Gasteiger charge is 2.11. The van der Waals surface area contributed by atoms with Crippen molar-refractivity contribution >= 4 is 29.6 Å². The maximum atomic E-state index is 11.0. The lowest BCUT2D eigenvalue weighted by atomic mass is 10.4. The van der Waals surface area contributed by atoms with Gasteiger partial charge < -0.3 is 0 Å². The molecule has 0 atom stereocenters. The van der Waals surface area contributed by atoms with E-state index in [0.717, 1.165) is 0 Å². The molecule has 0 bridgehead atoms. The highest BCUT2D eigenvalue weighted by atomic mass is 35.7. The van der Waals surface area contributed by atoms with E-state index in [1.54, 1.807) is 18.2 Å². The van der Waals surface area contributed by atoms with Gasteiger partial charge in [-0.2, -0.15) is 0 Å². The van der Waals surface area contributed by atoms with Crippen molar-refractivity contribution in [3.63, 3.8) is 0 Å². The summed E-state index contributed by atoms with van der Waals surface area (Å²) in [6, 6.07) is 8.06. The lowest BCUT2D eigenvalue weighted by Gasteiger charge is -1.95. The summed E-state index contributed by atoms with van der Waals surface area (Å²) in [6.07, 6.45) is 0. The van der Waals surface area contributed by atoms with Gasteiger partial charge in [0.05, 0.1) is 14.9 Å². The molecule has 1 aromatic rings. The Morgan fingerprint density at radius 2 is 1.73 bits per heavy atom. The van der Waals surface area contributed by atoms with Crippen molar-refractivity contribution < 1.29 is 8.42 Å². The Balaban J connectivity index is 3.14. The summed E-state index contributed by atoms with van der Waals surface area (Å²) in [5, 5.41) is 0. The van der Waals surface area contributed by atoms with E-state index in [9.17, 15) is 8.42 Å². The van der Waals surface area contributed by atoms with Crippen LogP contribution in [0.3, 0.4) is 0 Å². The van der Waals surface area contributed by atoms with Crippen molar-refractivity contribution in [1.82, 2.24) is 0 Å². The molecule has 5 heteroatoms. The van der Waals surface area contributed by atoms with Gasteiger partial charge in [0.2, 0.25) is 8.87 Å². The van der Waals surface area contributed by atoms with Crippen LogP contribution in [0.25, 0.3) is 0 Å². The van der Waals surface area contributed by atoms with Gasteiger partial charge in [-0.15, -0.1) is 0 Å². The fourth-order valence-electron chi connectivity index (χ4n) is 0.624. The average molecular weight is 209 g/mol. The zero-order chi connectivity index (χ0) is 8.32. The molecule has 2 nitrogen and oxygen atoms in total. The third kappa shape index (κ3) is 2.12. The minimum absolute atomic E-state index is 0.236. The Labute approximate surface area is 73.4 Å². The standard InChI is InChI=1S/C6H5ClO2S2/c7-10-11(8,9)6-4-2-1-3-5-6/h1-5H. The van der Waals surface area contributed by atoms with Crippen LogP contribution in [0.1, 0.15) is 0 Å². The third-order valence-corrected chi connectivity index (χ3v) is 4.70.